The van der Waals surface area contributed by atoms with Crippen LogP contribution >= 0.6 is 0 Å². The average molecular weight is 474 g/mol. The van der Waals surface area contributed by atoms with Gasteiger partial charge in [0, 0.05) is 37.4 Å². The molecule has 0 saturated carbocycles. The lowest BCUT2D eigenvalue weighted by Gasteiger charge is -2.14. The summed E-state index contributed by atoms with van der Waals surface area (Å²) in [7, 11) is 2.06. The number of carboxylic acids is 1. The van der Waals surface area contributed by atoms with Crippen molar-refractivity contribution >= 4 is 33.8 Å². The number of aryl methyl sites for hydroxylation is 1. The lowest BCUT2D eigenvalue weighted by atomic mass is 10.2. The number of pyridine rings is 1. The molecule has 1 aromatic carbocycles. The zero-order valence-corrected chi connectivity index (χ0v) is 18.9. The highest BCUT2D eigenvalue weighted by atomic mass is 19.4. The van der Waals surface area contributed by atoms with Gasteiger partial charge in [0.2, 0.25) is 0 Å². The maximum Gasteiger partial charge on any atom is 0.490 e. The number of rotatable bonds is 5. The van der Waals surface area contributed by atoms with Crippen LogP contribution in [0.3, 0.4) is 0 Å². The van der Waals surface area contributed by atoms with E-state index in [0.717, 1.165) is 17.5 Å². The first-order valence-electron chi connectivity index (χ1n) is 10.6. The highest BCUT2D eigenvalue weighted by Gasteiger charge is 2.38. The number of benzene rings is 1. The van der Waals surface area contributed by atoms with Gasteiger partial charge in [-0.05, 0) is 50.1 Å². The second-order valence-corrected chi connectivity index (χ2v) is 7.97. The van der Waals surface area contributed by atoms with E-state index in [1.54, 1.807) is 12.4 Å². The Labute approximate surface area is 193 Å². The number of hydrogen-bond donors (Lipinski definition) is 2. The maximum absolute atomic E-state index is 12.9. The normalized spacial score (nSPS) is 11.5. The van der Waals surface area contributed by atoms with E-state index in [9.17, 15) is 18.0 Å². The number of hydrogen-bond acceptors (Lipinski definition) is 3. The summed E-state index contributed by atoms with van der Waals surface area (Å²) in [5, 5.41) is 11.4. The Morgan fingerprint density at radius 2 is 1.71 bits per heavy atom. The van der Waals surface area contributed by atoms with Crippen LogP contribution < -0.4 is 5.32 Å². The van der Waals surface area contributed by atoms with E-state index in [-0.39, 0.29) is 11.9 Å². The Bertz CT molecular complexity index is 1310. The van der Waals surface area contributed by atoms with E-state index < -0.39 is 12.1 Å². The first-order chi connectivity index (χ1) is 16.0. The maximum atomic E-state index is 12.9. The highest BCUT2D eigenvalue weighted by Crippen LogP contribution is 2.33. The molecule has 10 heteroatoms. The van der Waals surface area contributed by atoms with Crippen LogP contribution in [0.1, 0.15) is 35.9 Å². The van der Waals surface area contributed by atoms with E-state index in [4.69, 9.17) is 9.90 Å². The van der Waals surface area contributed by atoms with Gasteiger partial charge in [0.05, 0.1) is 16.6 Å². The number of nitrogens with zero attached hydrogens (tertiary/aromatic N) is 3. The average Bonchev–Trinajstić information content (AvgIpc) is 3.31. The van der Waals surface area contributed by atoms with Gasteiger partial charge >= 0.3 is 12.1 Å². The Kier molecular flexibility index (Phi) is 7.29. The van der Waals surface area contributed by atoms with E-state index in [1.807, 2.05) is 30.3 Å². The molecule has 0 bridgehead atoms. The molecule has 2 N–H and O–H groups in total. The topological polar surface area (TPSA) is 89.2 Å². The predicted octanol–water partition coefficient (Wildman–Crippen LogP) is 4.71. The molecular formula is C24H25F3N4O3. The number of carbonyl (C=O) groups excluding carboxylic acids is 1. The first-order valence-corrected chi connectivity index (χ1v) is 10.6. The van der Waals surface area contributed by atoms with Crippen LogP contribution in [0.4, 0.5) is 13.2 Å². The Balaban J connectivity index is 0.000000406. The molecule has 3 aromatic heterocycles. The fourth-order valence-corrected chi connectivity index (χ4v) is 3.80. The molecule has 0 spiro atoms. The molecule has 0 fully saturated rings. The van der Waals surface area contributed by atoms with Gasteiger partial charge in [-0.3, -0.25) is 9.78 Å². The molecule has 7 nitrogen and oxygen atoms in total. The Hall–Kier alpha value is -3.82. The standard InChI is InChI=1S/C22H24N4O.C2HF3O2/c1-15(2)26-20(22(27)24-13-10-16-8-11-23-12-9-16)14-19-21(26)17-6-4-5-7-18(17)25(19)3;3-2(4,5)1(6)7/h4-9,11-12,14-15H,10,13H2,1-3H3,(H,24,27);(H,6,7). The molecule has 0 aliphatic heterocycles. The van der Waals surface area contributed by atoms with Gasteiger partial charge in [0.1, 0.15) is 5.69 Å². The number of fused-ring (bicyclic) bond motifs is 3. The molecule has 0 unspecified atom stereocenters. The number of carbonyl (C=O) groups is 2. The third kappa shape index (κ3) is 5.22. The fourth-order valence-electron chi connectivity index (χ4n) is 3.80. The minimum atomic E-state index is -5.08. The van der Waals surface area contributed by atoms with Gasteiger partial charge < -0.3 is 19.6 Å². The quantitative estimate of drug-likeness (QED) is 0.438. The molecular weight excluding hydrogens is 449 g/mol. The van der Waals surface area contributed by atoms with Crippen LogP contribution in [0.25, 0.3) is 21.9 Å². The summed E-state index contributed by atoms with van der Waals surface area (Å²) in [6, 6.07) is 14.5. The number of carboxylic acid groups (broad SMARTS) is 1. The molecule has 0 radical (unpaired) electrons. The molecule has 0 atom stereocenters. The number of para-hydroxylation sites is 1. The predicted molar refractivity (Wildman–Crippen MR) is 123 cm³/mol. The number of amides is 1. The van der Waals surface area contributed by atoms with E-state index in [2.05, 4.69) is 52.5 Å². The Morgan fingerprint density at radius 3 is 2.29 bits per heavy atom. The van der Waals surface area contributed by atoms with Crippen LogP contribution in [0.2, 0.25) is 0 Å². The smallest absolute Gasteiger partial charge is 0.475 e. The SMILES string of the molecule is CC(C)n1c(C(=O)NCCc2ccncc2)cc2c1c1ccccc1n2C.O=C(O)C(F)(F)F. The third-order valence-electron chi connectivity index (χ3n) is 5.34. The fraction of sp³-hybridized carbons (Fsp3) is 0.292. The van der Waals surface area contributed by atoms with Crippen LogP contribution in [-0.2, 0) is 18.3 Å². The molecule has 180 valence electrons. The zero-order valence-electron chi connectivity index (χ0n) is 18.9. The van der Waals surface area contributed by atoms with Gasteiger partial charge in [0.25, 0.3) is 5.91 Å². The van der Waals surface area contributed by atoms with Crippen molar-refractivity contribution in [1.82, 2.24) is 19.4 Å². The van der Waals surface area contributed by atoms with Crippen molar-refractivity contribution in [3.63, 3.8) is 0 Å². The monoisotopic (exact) mass is 474 g/mol. The molecule has 3 heterocycles. The van der Waals surface area contributed by atoms with Crippen LogP contribution in [0.15, 0.2) is 54.9 Å². The summed E-state index contributed by atoms with van der Waals surface area (Å²) in [6.45, 7) is 4.84. The van der Waals surface area contributed by atoms with Crippen LogP contribution in [0, 0.1) is 0 Å². The molecule has 0 saturated heterocycles. The Morgan fingerprint density at radius 1 is 1.09 bits per heavy atom. The summed E-state index contributed by atoms with van der Waals surface area (Å²) in [4.78, 5) is 25.8. The summed E-state index contributed by atoms with van der Waals surface area (Å²) in [6.07, 6.45) is -0.739. The molecule has 0 aliphatic carbocycles. The second kappa shape index (κ2) is 9.98. The van der Waals surface area contributed by atoms with E-state index in [0.29, 0.717) is 12.2 Å². The molecule has 34 heavy (non-hydrogen) atoms. The number of halogens is 3. The van der Waals surface area contributed by atoms with Gasteiger partial charge in [-0.15, -0.1) is 0 Å². The first kappa shape index (κ1) is 24.8. The summed E-state index contributed by atoms with van der Waals surface area (Å²) < 4.78 is 36.1. The summed E-state index contributed by atoms with van der Waals surface area (Å²) >= 11 is 0. The van der Waals surface area contributed by atoms with Crippen molar-refractivity contribution in [3.8, 4) is 0 Å². The van der Waals surface area contributed by atoms with Crippen molar-refractivity contribution in [2.24, 2.45) is 7.05 Å². The highest BCUT2D eigenvalue weighted by molar-refractivity contribution is 6.10. The van der Waals surface area contributed by atoms with E-state index in [1.165, 1.54) is 16.5 Å². The molecule has 0 aliphatic rings. The van der Waals surface area contributed by atoms with Gasteiger partial charge in [-0.2, -0.15) is 13.2 Å². The van der Waals surface area contributed by atoms with Crippen molar-refractivity contribution in [2.75, 3.05) is 6.54 Å². The number of aliphatic carboxylic acids is 1. The van der Waals surface area contributed by atoms with Crippen molar-refractivity contribution < 1.29 is 27.9 Å². The van der Waals surface area contributed by atoms with Crippen LogP contribution in [-0.4, -0.2) is 43.8 Å². The molecule has 1 amide bonds. The summed E-state index contributed by atoms with van der Waals surface area (Å²) in [5.74, 6) is -2.79. The van der Waals surface area contributed by atoms with Crippen molar-refractivity contribution in [2.45, 2.75) is 32.5 Å². The van der Waals surface area contributed by atoms with Crippen molar-refractivity contribution in [1.29, 1.82) is 0 Å². The van der Waals surface area contributed by atoms with E-state index >= 15 is 0 Å². The van der Waals surface area contributed by atoms with Gasteiger partial charge in [-0.25, -0.2) is 4.79 Å². The number of alkyl halides is 3. The zero-order chi connectivity index (χ0) is 25.0. The largest absolute Gasteiger partial charge is 0.490 e. The molecule has 4 aromatic rings. The van der Waals surface area contributed by atoms with Crippen molar-refractivity contribution in [3.05, 3.63) is 66.1 Å². The lowest BCUT2D eigenvalue weighted by Crippen LogP contribution is -2.28. The van der Waals surface area contributed by atoms with Crippen LogP contribution in [0.5, 0.6) is 0 Å². The molecule has 4 rings (SSSR count). The number of nitrogens with one attached hydrogen (secondary N) is 1. The van der Waals surface area contributed by atoms with Gasteiger partial charge in [0.15, 0.2) is 0 Å². The summed E-state index contributed by atoms with van der Waals surface area (Å²) in [5.41, 5.74) is 5.28. The number of aromatic nitrogens is 3. The third-order valence-corrected chi connectivity index (χ3v) is 5.34. The lowest BCUT2D eigenvalue weighted by molar-refractivity contribution is -0.192. The second-order valence-electron chi connectivity index (χ2n) is 7.97. The minimum Gasteiger partial charge on any atom is -0.475 e. The minimum absolute atomic E-state index is 0.0296. The van der Waals surface area contributed by atoms with Gasteiger partial charge in [-0.1, -0.05) is 18.2 Å².